The summed E-state index contributed by atoms with van der Waals surface area (Å²) in [5, 5.41) is 0. The van der Waals surface area contributed by atoms with Gasteiger partial charge in [-0.15, -0.1) is 11.8 Å². The van der Waals surface area contributed by atoms with E-state index in [9.17, 15) is 18.4 Å². The summed E-state index contributed by atoms with van der Waals surface area (Å²) in [6.07, 6.45) is 0. The first-order valence-corrected chi connectivity index (χ1v) is 7.86. The van der Waals surface area contributed by atoms with Crippen LogP contribution in [0.25, 0.3) is 0 Å². The molecular weight excluding hydrogens is 338 g/mol. The molecule has 0 aromatic heterocycles. The van der Waals surface area contributed by atoms with Crippen LogP contribution in [0.3, 0.4) is 0 Å². The summed E-state index contributed by atoms with van der Waals surface area (Å²) < 4.78 is 30.6. The number of hydrogen-bond donors (Lipinski definition) is 2. The fourth-order valence-corrected chi connectivity index (χ4v) is 2.27. The third kappa shape index (κ3) is 6.25. The molecule has 2 N–H and O–H groups in total. The Balaban J connectivity index is 1.64. The van der Waals surface area contributed by atoms with Gasteiger partial charge in [0.05, 0.1) is 5.75 Å². The lowest BCUT2D eigenvalue weighted by Gasteiger charge is -2.08. The van der Waals surface area contributed by atoms with Gasteiger partial charge in [-0.1, -0.05) is 0 Å². The molecule has 2 rings (SSSR count). The number of amides is 2. The van der Waals surface area contributed by atoms with Crippen molar-refractivity contribution in [3.05, 3.63) is 60.2 Å². The molecule has 24 heavy (non-hydrogen) atoms. The molecule has 0 aliphatic carbocycles. The van der Waals surface area contributed by atoms with E-state index in [1.807, 2.05) is 0 Å². The summed E-state index contributed by atoms with van der Waals surface area (Å²) in [4.78, 5) is 23.9. The molecule has 0 atom stereocenters. The molecule has 5 nitrogen and oxygen atoms in total. The number of hydrogen-bond acceptors (Lipinski definition) is 4. The summed E-state index contributed by atoms with van der Waals surface area (Å²) in [6, 6.07) is 10.9. The summed E-state index contributed by atoms with van der Waals surface area (Å²) in [6.45, 7) is -0.322. The van der Waals surface area contributed by atoms with Gasteiger partial charge in [0.15, 0.2) is 6.61 Å². The highest BCUT2D eigenvalue weighted by Gasteiger charge is 2.06. The third-order valence-corrected chi connectivity index (χ3v) is 3.72. The quantitative estimate of drug-likeness (QED) is 0.618. The van der Waals surface area contributed by atoms with Crippen molar-refractivity contribution in [2.45, 2.75) is 4.90 Å². The maximum atomic E-state index is 12.7. The number of carbonyl (C=O) groups is 2. The van der Waals surface area contributed by atoms with Gasteiger partial charge in [0.25, 0.3) is 5.91 Å². The van der Waals surface area contributed by atoms with Gasteiger partial charge in [-0.25, -0.2) is 8.78 Å². The Bertz CT molecular complexity index is 632. The number of hydrazine groups is 1. The summed E-state index contributed by atoms with van der Waals surface area (Å²) in [5.41, 5.74) is 4.43. The number of rotatable bonds is 6. The van der Waals surface area contributed by atoms with E-state index in [-0.39, 0.29) is 18.2 Å². The topological polar surface area (TPSA) is 67.4 Å². The average molecular weight is 352 g/mol. The minimum atomic E-state index is -0.556. The van der Waals surface area contributed by atoms with Gasteiger partial charge >= 0.3 is 0 Å². The predicted octanol–water partition coefficient (Wildman–Crippen LogP) is 2.28. The predicted molar refractivity (Wildman–Crippen MR) is 85.3 cm³/mol. The highest BCUT2D eigenvalue weighted by molar-refractivity contribution is 8.00. The van der Waals surface area contributed by atoms with E-state index in [2.05, 4.69) is 10.9 Å². The van der Waals surface area contributed by atoms with Crippen molar-refractivity contribution >= 4 is 23.6 Å². The molecule has 2 aromatic rings. The van der Waals surface area contributed by atoms with Crippen molar-refractivity contribution < 1.29 is 23.1 Å². The Hall–Kier alpha value is -2.61. The van der Waals surface area contributed by atoms with Gasteiger partial charge in [0.2, 0.25) is 5.91 Å². The number of ether oxygens (including phenoxy) is 1. The average Bonchev–Trinajstić information content (AvgIpc) is 2.59. The second-order valence-electron chi connectivity index (χ2n) is 4.58. The fourth-order valence-electron chi connectivity index (χ4n) is 1.57. The standard InChI is InChI=1S/C16H14F2N2O3S/c17-11-1-5-13(6-2-11)23-9-15(21)19-20-16(22)10-24-14-7-3-12(18)4-8-14/h1-8H,9-10H2,(H,19,21)(H,20,22). The van der Waals surface area contributed by atoms with Crippen LogP contribution in [-0.2, 0) is 9.59 Å². The molecule has 0 aliphatic rings. The highest BCUT2D eigenvalue weighted by atomic mass is 32.2. The van der Waals surface area contributed by atoms with Crippen LogP contribution in [0.1, 0.15) is 0 Å². The Morgan fingerprint density at radius 1 is 0.875 bits per heavy atom. The second-order valence-corrected chi connectivity index (χ2v) is 5.63. The van der Waals surface area contributed by atoms with Crippen LogP contribution in [0.15, 0.2) is 53.4 Å². The molecule has 0 saturated heterocycles. The molecule has 0 heterocycles. The van der Waals surface area contributed by atoms with E-state index >= 15 is 0 Å². The first kappa shape index (κ1) is 17.7. The molecule has 2 aromatic carbocycles. The third-order valence-electron chi connectivity index (χ3n) is 2.71. The van der Waals surface area contributed by atoms with E-state index in [4.69, 9.17) is 4.74 Å². The first-order chi connectivity index (χ1) is 11.5. The Morgan fingerprint density at radius 3 is 2.04 bits per heavy atom. The molecular formula is C16H14F2N2O3S. The van der Waals surface area contributed by atoms with Gasteiger partial charge in [-0.2, -0.15) is 0 Å². The SMILES string of the molecule is O=C(COc1ccc(F)cc1)NNC(=O)CSc1ccc(F)cc1. The van der Waals surface area contributed by atoms with E-state index < -0.39 is 17.6 Å². The van der Waals surface area contributed by atoms with Crippen molar-refractivity contribution in [1.82, 2.24) is 10.9 Å². The molecule has 0 bridgehead atoms. The summed E-state index contributed by atoms with van der Waals surface area (Å²) >= 11 is 1.20. The molecule has 2 amide bonds. The van der Waals surface area contributed by atoms with Crippen molar-refractivity contribution in [2.24, 2.45) is 0 Å². The minimum Gasteiger partial charge on any atom is -0.484 e. The van der Waals surface area contributed by atoms with E-state index in [0.29, 0.717) is 5.75 Å². The van der Waals surface area contributed by atoms with Crippen molar-refractivity contribution in [2.75, 3.05) is 12.4 Å². The zero-order valence-electron chi connectivity index (χ0n) is 12.4. The Morgan fingerprint density at radius 2 is 1.42 bits per heavy atom. The largest absolute Gasteiger partial charge is 0.484 e. The normalized spacial score (nSPS) is 10.1. The van der Waals surface area contributed by atoms with Crippen LogP contribution in [0.4, 0.5) is 8.78 Å². The number of thioether (sulfide) groups is 1. The van der Waals surface area contributed by atoms with Crippen LogP contribution < -0.4 is 15.6 Å². The van der Waals surface area contributed by atoms with Gasteiger partial charge in [0, 0.05) is 4.90 Å². The van der Waals surface area contributed by atoms with Crippen LogP contribution >= 0.6 is 11.8 Å². The maximum absolute atomic E-state index is 12.7. The van der Waals surface area contributed by atoms with Gasteiger partial charge < -0.3 is 4.74 Å². The molecule has 8 heteroatoms. The monoisotopic (exact) mass is 352 g/mol. The Labute approximate surface area is 141 Å². The molecule has 0 fully saturated rings. The number of nitrogens with one attached hydrogen (secondary N) is 2. The second kappa shape index (κ2) is 8.88. The van der Waals surface area contributed by atoms with Gasteiger partial charge in [0.1, 0.15) is 17.4 Å². The number of benzene rings is 2. The summed E-state index contributed by atoms with van der Waals surface area (Å²) in [5.74, 6) is -1.33. The molecule has 0 unspecified atom stereocenters. The molecule has 126 valence electrons. The van der Waals surface area contributed by atoms with Crippen molar-refractivity contribution in [1.29, 1.82) is 0 Å². The lowest BCUT2D eigenvalue weighted by Crippen LogP contribution is -2.44. The molecule has 0 aliphatic heterocycles. The van der Waals surface area contributed by atoms with E-state index in [1.165, 1.54) is 48.2 Å². The molecule has 0 saturated carbocycles. The molecule has 0 radical (unpaired) electrons. The summed E-state index contributed by atoms with van der Waals surface area (Å²) in [7, 11) is 0. The van der Waals surface area contributed by atoms with Gasteiger partial charge in [-0.3, -0.25) is 20.4 Å². The van der Waals surface area contributed by atoms with Crippen LogP contribution in [0.5, 0.6) is 5.75 Å². The lowest BCUT2D eigenvalue weighted by atomic mass is 10.3. The smallest absolute Gasteiger partial charge is 0.276 e. The van der Waals surface area contributed by atoms with E-state index in [1.54, 1.807) is 12.1 Å². The Kier molecular flexibility index (Phi) is 6.56. The number of carbonyl (C=O) groups excluding carboxylic acids is 2. The van der Waals surface area contributed by atoms with Crippen molar-refractivity contribution in [3.63, 3.8) is 0 Å². The number of halogens is 2. The maximum Gasteiger partial charge on any atom is 0.276 e. The van der Waals surface area contributed by atoms with Crippen LogP contribution in [0.2, 0.25) is 0 Å². The molecule has 0 spiro atoms. The zero-order valence-corrected chi connectivity index (χ0v) is 13.2. The fraction of sp³-hybridized carbons (Fsp3) is 0.125. The minimum absolute atomic E-state index is 0.0602. The lowest BCUT2D eigenvalue weighted by molar-refractivity contribution is -0.128. The van der Waals surface area contributed by atoms with Crippen molar-refractivity contribution in [3.8, 4) is 5.75 Å². The van der Waals surface area contributed by atoms with Gasteiger partial charge in [-0.05, 0) is 48.5 Å². The highest BCUT2D eigenvalue weighted by Crippen LogP contribution is 2.17. The zero-order chi connectivity index (χ0) is 17.4. The van der Waals surface area contributed by atoms with Crippen LogP contribution in [-0.4, -0.2) is 24.2 Å². The van der Waals surface area contributed by atoms with Crippen LogP contribution in [0, 0.1) is 11.6 Å². The van der Waals surface area contributed by atoms with E-state index in [0.717, 1.165) is 4.90 Å². The first-order valence-electron chi connectivity index (χ1n) is 6.87.